The van der Waals surface area contributed by atoms with Gasteiger partial charge < -0.3 is 14.2 Å². The number of benzene rings is 3. The van der Waals surface area contributed by atoms with E-state index in [-0.39, 0.29) is 17.3 Å². The SMILES string of the molecule is CCOc1cc(/C=C2\N=C(c3ccc([N+](=O)[O-])cc3)OC2=O)cc(Br)c1OCc1ccccc1C. The third-order valence-electron chi connectivity index (χ3n) is 5.21. The minimum atomic E-state index is -0.618. The van der Waals surface area contributed by atoms with Crippen LogP contribution in [0.3, 0.4) is 0 Å². The Kier molecular flexibility index (Phi) is 7.26. The van der Waals surface area contributed by atoms with E-state index in [1.165, 1.54) is 24.3 Å². The van der Waals surface area contributed by atoms with Crippen molar-refractivity contribution in [2.75, 3.05) is 6.61 Å². The van der Waals surface area contributed by atoms with Gasteiger partial charge in [-0.2, -0.15) is 0 Å². The fourth-order valence-corrected chi connectivity index (χ4v) is 3.99. The van der Waals surface area contributed by atoms with Crippen molar-refractivity contribution in [3.63, 3.8) is 0 Å². The number of aryl methyl sites for hydroxylation is 1. The smallest absolute Gasteiger partial charge is 0.363 e. The van der Waals surface area contributed by atoms with Crippen LogP contribution in [0, 0.1) is 17.0 Å². The Morgan fingerprint density at radius 2 is 1.86 bits per heavy atom. The van der Waals surface area contributed by atoms with Crippen molar-refractivity contribution in [3.8, 4) is 11.5 Å². The number of cyclic esters (lactones) is 1. The average molecular weight is 537 g/mol. The Hall–Kier alpha value is -3.98. The van der Waals surface area contributed by atoms with Gasteiger partial charge in [0.05, 0.1) is 16.0 Å². The van der Waals surface area contributed by atoms with Gasteiger partial charge in [-0.05, 0) is 76.8 Å². The molecular formula is C26H21BrN2O6. The van der Waals surface area contributed by atoms with Gasteiger partial charge in [-0.1, -0.05) is 24.3 Å². The highest BCUT2D eigenvalue weighted by molar-refractivity contribution is 9.10. The summed E-state index contributed by atoms with van der Waals surface area (Å²) in [6, 6.07) is 17.2. The highest BCUT2D eigenvalue weighted by atomic mass is 79.9. The minimum absolute atomic E-state index is 0.0625. The van der Waals surface area contributed by atoms with Crippen molar-refractivity contribution in [1.82, 2.24) is 0 Å². The van der Waals surface area contributed by atoms with E-state index in [1.807, 2.05) is 38.1 Å². The van der Waals surface area contributed by atoms with Crippen LogP contribution in [-0.4, -0.2) is 23.4 Å². The largest absolute Gasteiger partial charge is 0.490 e. The van der Waals surface area contributed by atoms with Crippen LogP contribution in [0.5, 0.6) is 11.5 Å². The van der Waals surface area contributed by atoms with E-state index in [0.717, 1.165) is 11.1 Å². The molecule has 1 aliphatic rings. The fraction of sp³-hybridized carbons (Fsp3) is 0.154. The van der Waals surface area contributed by atoms with Gasteiger partial charge in [0.25, 0.3) is 5.69 Å². The van der Waals surface area contributed by atoms with Crippen molar-refractivity contribution < 1.29 is 23.9 Å². The number of carbonyl (C=O) groups is 1. The van der Waals surface area contributed by atoms with E-state index in [9.17, 15) is 14.9 Å². The molecule has 35 heavy (non-hydrogen) atoms. The standard InChI is InChI=1S/C26H21BrN2O6/c1-3-33-23-14-17(12-21(27)24(23)34-15-19-7-5-4-6-16(19)2)13-22-26(30)35-25(28-22)18-8-10-20(11-9-18)29(31)32/h4-14H,3,15H2,1-2H3/b22-13-. The number of nitro benzene ring substituents is 1. The van der Waals surface area contributed by atoms with Crippen molar-refractivity contribution in [2.45, 2.75) is 20.5 Å². The first-order chi connectivity index (χ1) is 16.9. The molecular weight excluding hydrogens is 516 g/mol. The van der Waals surface area contributed by atoms with Crippen molar-refractivity contribution in [3.05, 3.63) is 103 Å². The molecule has 0 saturated heterocycles. The molecule has 0 saturated carbocycles. The molecule has 8 nitrogen and oxygen atoms in total. The van der Waals surface area contributed by atoms with Gasteiger partial charge in [0.2, 0.25) is 5.90 Å². The molecule has 0 N–H and O–H groups in total. The first-order valence-electron chi connectivity index (χ1n) is 10.8. The average Bonchev–Trinajstić information content (AvgIpc) is 3.20. The van der Waals surface area contributed by atoms with Crippen LogP contribution in [0.1, 0.15) is 29.2 Å². The maximum atomic E-state index is 12.4. The lowest BCUT2D eigenvalue weighted by atomic mass is 10.1. The predicted molar refractivity (Wildman–Crippen MR) is 135 cm³/mol. The van der Waals surface area contributed by atoms with E-state index < -0.39 is 10.9 Å². The van der Waals surface area contributed by atoms with Crippen molar-refractivity contribution >= 4 is 39.6 Å². The lowest BCUT2D eigenvalue weighted by molar-refractivity contribution is -0.384. The molecule has 0 spiro atoms. The Morgan fingerprint density at radius 3 is 2.54 bits per heavy atom. The first-order valence-corrected chi connectivity index (χ1v) is 11.6. The minimum Gasteiger partial charge on any atom is -0.490 e. The first kappa shape index (κ1) is 24.2. The molecule has 1 aliphatic heterocycles. The number of hydrogen-bond donors (Lipinski definition) is 0. The second-order valence-corrected chi connectivity index (χ2v) is 8.47. The van der Waals surface area contributed by atoms with Gasteiger partial charge in [0, 0.05) is 17.7 Å². The highest BCUT2D eigenvalue weighted by Crippen LogP contribution is 2.38. The quantitative estimate of drug-likeness (QED) is 0.152. The Morgan fingerprint density at radius 1 is 1.11 bits per heavy atom. The summed E-state index contributed by atoms with van der Waals surface area (Å²) in [5.41, 5.74) is 3.35. The molecule has 3 aromatic rings. The third-order valence-corrected chi connectivity index (χ3v) is 5.80. The summed E-state index contributed by atoms with van der Waals surface area (Å²) in [7, 11) is 0. The van der Waals surface area contributed by atoms with Gasteiger partial charge in [-0.3, -0.25) is 10.1 Å². The van der Waals surface area contributed by atoms with E-state index in [0.29, 0.717) is 40.3 Å². The van der Waals surface area contributed by atoms with Crippen LogP contribution in [0.4, 0.5) is 5.69 Å². The summed E-state index contributed by atoms with van der Waals surface area (Å²) in [6.45, 7) is 4.70. The number of esters is 1. The number of rotatable bonds is 8. The number of halogens is 1. The zero-order chi connectivity index (χ0) is 24.9. The van der Waals surface area contributed by atoms with Gasteiger partial charge in [-0.25, -0.2) is 9.79 Å². The summed E-state index contributed by atoms with van der Waals surface area (Å²) < 4.78 is 17.8. The number of aliphatic imine (C=N–C) groups is 1. The molecule has 0 amide bonds. The fourth-order valence-electron chi connectivity index (χ4n) is 3.41. The van der Waals surface area contributed by atoms with Gasteiger partial charge >= 0.3 is 5.97 Å². The second-order valence-electron chi connectivity index (χ2n) is 7.62. The van der Waals surface area contributed by atoms with Crippen LogP contribution in [0.2, 0.25) is 0 Å². The molecule has 0 aliphatic carbocycles. The summed E-state index contributed by atoms with van der Waals surface area (Å²) in [4.78, 5) is 27.0. The predicted octanol–water partition coefficient (Wildman–Crippen LogP) is 5.99. The lowest BCUT2D eigenvalue weighted by Gasteiger charge is -2.15. The topological polar surface area (TPSA) is 100 Å². The summed E-state index contributed by atoms with van der Waals surface area (Å²) in [6.07, 6.45) is 1.58. The van der Waals surface area contributed by atoms with Gasteiger partial charge in [0.1, 0.15) is 6.61 Å². The molecule has 1 heterocycles. The lowest BCUT2D eigenvalue weighted by Crippen LogP contribution is -2.05. The molecule has 0 aromatic heterocycles. The number of hydrogen-bond acceptors (Lipinski definition) is 7. The van der Waals surface area contributed by atoms with Crippen LogP contribution in [0.15, 0.2) is 75.8 Å². The highest BCUT2D eigenvalue weighted by Gasteiger charge is 2.25. The zero-order valence-corrected chi connectivity index (χ0v) is 20.6. The number of carbonyl (C=O) groups excluding carboxylic acids is 1. The molecule has 4 rings (SSSR count). The third kappa shape index (κ3) is 5.58. The molecule has 3 aromatic carbocycles. The van der Waals surface area contributed by atoms with E-state index in [2.05, 4.69) is 20.9 Å². The van der Waals surface area contributed by atoms with Gasteiger partial charge in [0.15, 0.2) is 17.2 Å². The van der Waals surface area contributed by atoms with E-state index in [1.54, 1.807) is 18.2 Å². The van der Waals surface area contributed by atoms with Crippen molar-refractivity contribution in [2.24, 2.45) is 4.99 Å². The maximum Gasteiger partial charge on any atom is 0.363 e. The van der Waals surface area contributed by atoms with E-state index in [4.69, 9.17) is 14.2 Å². The van der Waals surface area contributed by atoms with E-state index >= 15 is 0 Å². The van der Waals surface area contributed by atoms with Crippen LogP contribution in [-0.2, 0) is 16.1 Å². The van der Waals surface area contributed by atoms with Crippen molar-refractivity contribution in [1.29, 1.82) is 0 Å². The number of non-ortho nitro benzene ring substituents is 1. The number of nitrogens with zero attached hydrogens (tertiary/aromatic N) is 2. The van der Waals surface area contributed by atoms with Crippen LogP contribution >= 0.6 is 15.9 Å². The molecule has 0 unspecified atom stereocenters. The number of ether oxygens (including phenoxy) is 3. The monoisotopic (exact) mass is 536 g/mol. The molecule has 0 atom stereocenters. The summed E-state index contributed by atoms with van der Waals surface area (Å²) in [5, 5.41) is 10.9. The Bertz CT molecular complexity index is 1350. The number of nitro groups is 1. The zero-order valence-electron chi connectivity index (χ0n) is 19.0. The molecule has 0 radical (unpaired) electrons. The summed E-state index contributed by atoms with van der Waals surface area (Å²) in [5.74, 6) is 0.542. The normalized spacial score (nSPS) is 14.0. The second kappa shape index (κ2) is 10.5. The molecule has 0 fully saturated rings. The molecule has 0 bridgehead atoms. The molecule has 178 valence electrons. The maximum absolute atomic E-state index is 12.4. The Labute approximate surface area is 210 Å². The molecule has 9 heteroatoms. The van der Waals surface area contributed by atoms with Crippen LogP contribution < -0.4 is 9.47 Å². The Balaban J connectivity index is 1.60. The van der Waals surface area contributed by atoms with Crippen LogP contribution in [0.25, 0.3) is 6.08 Å². The summed E-state index contributed by atoms with van der Waals surface area (Å²) >= 11 is 3.55. The van der Waals surface area contributed by atoms with Gasteiger partial charge in [-0.15, -0.1) is 0 Å².